The largest absolute Gasteiger partial charge is 0.458 e. The highest BCUT2D eigenvalue weighted by Gasteiger charge is 2.56. The molecule has 2 nitrogen and oxygen atoms in total. The van der Waals surface area contributed by atoms with Crippen molar-refractivity contribution in [1.82, 2.24) is 0 Å². The minimum absolute atomic E-state index is 0.0112. The maximum atomic E-state index is 7.24. The van der Waals surface area contributed by atoms with Crippen LogP contribution in [0.15, 0.2) is 97.1 Å². The molecule has 0 amide bonds. The number of anilines is 3. The number of benzene rings is 5. The molecule has 2 aliphatic carbocycles. The maximum Gasteiger partial charge on any atom is 0.252 e. The molecule has 2 saturated carbocycles. The zero-order valence-corrected chi connectivity index (χ0v) is 28.2. The quantitative estimate of drug-likeness (QED) is 0.169. The molecule has 236 valence electrons. The predicted octanol–water partition coefficient (Wildman–Crippen LogP) is 9.54. The van der Waals surface area contributed by atoms with Gasteiger partial charge in [-0.05, 0) is 94.3 Å². The van der Waals surface area contributed by atoms with Crippen LogP contribution in [-0.2, 0) is 16.2 Å². The number of nitrogens with zero attached hydrogens (tertiary/aromatic N) is 1. The van der Waals surface area contributed by atoms with Crippen LogP contribution in [0.4, 0.5) is 17.1 Å². The molecule has 0 saturated heterocycles. The Balaban J connectivity index is 1.23. The molecule has 0 bridgehead atoms. The maximum absolute atomic E-state index is 7.24. The van der Waals surface area contributed by atoms with E-state index in [1.54, 1.807) is 22.2 Å². The molecular formula is C45H42BNO. The van der Waals surface area contributed by atoms with Crippen molar-refractivity contribution in [3.8, 4) is 11.5 Å². The Hall–Kier alpha value is -4.24. The summed E-state index contributed by atoms with van der Waals surface area (Å²) in [5.41, 5.74) is 17.5. The van der Waals surface area contributed by atoms with Gasteiger partial charge in [-0.1, -0.05) is 125 Å². The van der Waals surface area contributed by atoms with Gasteiger partial charge in [-0.2, -0.15) is 0 Å². The summed E-state index contributed by atoms with van der Waals surface area (Å²) in [7, 11) is 0. The van der Waals surface area contributed by atoms with E-state index in [9.17, 15) is 0 Å². The molecule has 3 heteroatoms. The van der Waals surface area contributed by atoms with Gasteiger partial charge in [0.2, 0.25) is 0 Å². The first-order chi connectivity index (χ1) is 23.5. The Morgan fingerprint density at radius 1 is 0.500 bits per heavy atom. The number of ether oxygens (including phenoxy) is 1. The summed E-state index contributed by atoms with van der Waals surface area (Å²) in [5, 5.41) is 0. The second-order valence-corrected chi connectivity index (χ2v) is 16.2. The van der Waals surface area contributed by atoms with Crippen LogP contribution in [0.5, 0.6) is 11.5 Å². The second-order valence-electron chi connectivity index (χ2n) is 16.2. The van der Waals surface area contributed by atoms with Crippen LogP contribution in [0.3, 0.4) is 0 Å². The molecule has 5 aromatic carbocycles. The summed E-state index contributed by atoms with van der Waals surface area (Å²) in [5.74, 6) is 2.15. The van der Waals surface area contributed by atoms with Gasteiger partial charge in [-0.3, -0.25) is 0 Å². The number of rotatable bonds is 1. The first kappa shape index (κ1) is 27.7. The smallest absolute Gasteiger partial charge is 0.252 e. The van der Waals surface area contributed by atoms with Gasteiger partial charge in [-0.15, -0.1) is 0 Å². The molecule has 2 fully saturated rings. The van der Waals surface area contributed by atoms with E-state index in [2.05, 4.69) is 116 Å². The number of hydrogen-bond acceptors (Lipinski definition) is 2. The average molecular weight is 624 g/mol. The SMILES string of the molecule is CC1(C)c2ccccc2N(c2cc3c4c(c2)C2(CCCCC2)c2cccc5c2B4c2c(cccc2C52CCCCC2)O3)c2ccccc21. The predicted molar refractivity (Wildman–Crippen MR) is 199 cm³/mol. The lowest BCUT2D eigenvalue weighted by molar-refractivity contribution is 0.336. The van der Waals surface area contributed by atoms with Gasteiger partial charge in [0.25, 0.3) is 6.71 Å². The highest BCUT2D eigenvalue weighted by Crippen LogP contribution is 2.56. The Kier molecular flexibility index (Phi) is 5.46. The summed E-state index contributed by atoms with van der Waals surface area (Å²) in [6, 6.07) is 37.7. The normalized spacial score (nSPS) is 20.9. The van der Waals surface area contributed by atoms with E-state index in [4.69, 9.17) is 4.74 Å². The molecule has 5 aromatic rings. The first-order valence-electron chi connectivity index (χ1n) is 18.7. The van der Waals surface area contributed by atoms with Gasteiger partial charge in [0.1, 0.15) is 11.5 Å². The fourth-order valence-corrected chi connectivity index (χ4v) is 11.8. The Morgan fingerprint density at radius 2 is 1.00 bits per heavy atom. The lowest BCUT2D eigenvalue weighted by Gasteiger charge is -2.54. The third kappa shape index (κ3) is 3.27. The third-order valence-electron chi connectivity index (χ3n) is 13.8. The standard InChI is InChI=1S/C45H42BNO/c1-43(2)30-15-5-7-20-36(30)47(37-21-8-6-16-31(37)43)29-27-35-42-39(28-29)48-38-22-14-19-34-41(38)46(42)40-32(44(34)23-9-3-10-24-44)17-13-18-33(40)45(35)25-11-4-12-26-45/h5-8,13-22,27-28H,3-4,9-12,23-26H2,1-2H3. The molecule has 0 aromatic heterocycles. The molecule has 0 unspecified atom stereocenters. The number of fused-ring (bicyclic) bond motifs is 6. The van der Waals surface area contributed by atoms with Gasteiger partial charge in [0.05, 0.1) is 17.1 Å². The van der Waals surface area contributed by atoms with Gasteiger partial charge in [0, 0.05) is 22.3 Å². The monoisotopic (exact) mass is 623 g/mol. The van der Waals surface area contributed by atoms with Crippen molar-refractivity contribution in [2.75, 3.05) is 4.90 Å². The van der Waals surface area contributed by atoms with E-state index < -0.39 is 0 Å². The third-order valence-corrected chi connectivity index (χ3v) is 13.8. The topological polar surface area (TPSA) is 12.5 Å². The minimum Gasteiger partial charge on any atom is -0.458 e. The zero-order chi connectivity index (χ0) is 31.8. The molecule has 2 spiro atoms. The van der Waals surface area contributed by atoms with E-state index in [0.29, 0.717) is 0 Å². The van der Waals surface area contributed by atoms with Crippen LogP contribution in [-0.4, -0.2) is 6.71 Å². The van der Waals surface area contributed by atoms with Crippen molar-refractivity contribution in [2.24, 2.45) is 0 Å². The number of para-hydroxylation sites is 2. The van der Waals surface area contributed by atoms with Gasteiger partial charge in [0.15, 0.2) is 0 Å². The van der Waals surface area contributed by atoms with Crippen LogP contribution in [0.1, 0.15) is 111 Å². The highest BCUT2D eigenvalue weighted by molar-refractivity contribution is 6.99. The van der Waals surface area contributed by atoms with Gasteiger partial charge >= 0.3 is 0 Å². The van der Waals surface area contributed by atoms with Crippen LogP contribution in [0.25, 0.3) is 0 Å². The fraction of sp³-hybridized carbons (Fsp3) is 0.333. The first-order valence-corrected chi connectivity index (χ1v) is 18.7. The average Bonchev–Trinajstić information content (AvgIpc) is 3.13. The summed E-state index contributed by atoms with van der Waals surface area (Å²) >= 11 is 0. The second kappa shape index (κ2) is 9.47. The van der Waals surface area contributed by atoms with Gasteiger partial charge < -0.3 is 9.64 Å². The van der Waals surface area contributed by atoms with E-state index in [-0.39, 0.29) is 23.0 Å². The molecule has 11 rings (SSSR count). The molecule has 0 N–H and O–H groups in total. The van der Waals surface area contributed by atoms with Crippen molar-refractivity contribution in [2.45, 2.75) is 94.3 Å². The molecule has 6 aliphatic rings. The van der Waals surface area contributed by atoms with Crippen molar-refractivity contribution in [3.63, 3.8) is 0 Å². The molecule has 48 heavy (non-hydrogen) atoms. The van der Waals surface area contributed by atoms with Crippen molar-refractivity contribution >= 4 is 40.2 Å². The molecule has 0 atom stereocenters. The fourth-order valence-electron chi connectivity index (χ4n) is 11.8. The van der Waals surface area contributed by atoms with Gasteiger partial charge in [-0.25, -0.2) is 0 Å². The summed E-state index contributed by atoms with van der Waals surface area (Å²) in [4.78, 5) is 2.54. The van der Waals surface area contributed by atoms with Crippen LogP contribution in [0, 0.1) is 0 Å². The summed E-state index contributed by atoms with van der Waals surface area (Å²) < 4.78 is 7.24. The van der Waals surface area contributed by atoms with Crippen molar-refractivity contribution < 1.29 is 4.74 Å². The summed E-state index contributed by atoms with van der Waals surface area (Å²) in [6.45, 7) is 5.00. The van der Waals surface area contributed by atoms with Crippen LogP contribution >= 0.6 is 0 Å². The Bertz CT molecular complexity index is 2130. The highest BCUT2D eigenvalue weighted by atomic mass is 16.5. The zero-order valence-electron chi connectivity index (χ0n) is 28.2. The molecular weight excluding hydrogens is 581 g/mol. The van der Waals surface area contributed by atoms with Crippen molar-refractivity contribution in [3.05, 3.63) is 130 Å². The summed E-state index contributed by atoms with van der Waals surface area (Å²) in [6.07, 6.45) is 12.8. The van der Waals surface area contributed by atoms with E-state index in [1.165, 1.54) is 109 Å². The van der Waals surface area contributed by atoms with Crippen molar-refractivity contribution in [1.29, 1.82) is 0 Å². The lowest BCUT2D eigenvalue weighted by Crippen LogP contribution is -2.69. The molecule has 4 heterocycles. The van der Waals surface area contributed by atoms with Crippen LogP contribution in [0.2, 0.25) is 0 Å². The van der Waals surface area contributed by atoms with Crippen LogP contribution < -0.4 is 26.0 Å². The molecule has 4 aliphatic heterocycles. The minimum atomic E-state index is -0.0882. The molecule has 0 radical (unpaired) electrons. The number of hydrogen-bond donors (Lipinski definition) is 0. The van der Waals surface area contributed by atoms with E-state index in [0.717, 1.165) is 11.5 Å². The lowest BCUT2D eigenvalue weighted by atomic mass is 9.25. The Labute approximate surface area is 285 Å². The van der Waals surface area contributed by atoms with E-state index >= 15 is 0 Å². The van der Waals surface area contributed by atoms with E-state index in [1.807, 2.05) is 0 Å². The Morgan fingerprint density at radius 3 is 1.62 bits per heavy atom.